The second-order valence-electron chi connectivity index (χ2n) is 10.3. The van der Waals surface area contributed by atoms with E-state index in [9.17, 15) is 9.90 Å². The van der Waals surface area contributed by atoms with Crippen molar-refractivity contribution in [1.82, 2.24) is 9.97 Å². The number of aromatic nitrogens is 2. The molecular weight excluding hydrogens is 482 g/mol. The summed E-state index contributed by atoms with van der Waals surface area (Å²) < 4.78 is 11.2. The van der Waals surface area contributed by atoms with Crippen LogP contribution in [0.25, 0.3) is 21.8 Å². The topological polar surface area (TPSA) is 120 Å². The molecule has 0 spiro atoms. The number of anilines is 2. The fourth-order valence-corrected chi connectivity index (χ4v) is 5.83. The first kappa shape index (κ1) is 24.8. The van der Waals surface area contributed by atoms with Gasteiger partial charge in [-0.3, -0.25) is 4.79 Å². The number of carbonyl (C=O) groups is 1. The summed E-state index contributed by atoms with van der Waals surface area (Å²) in [6.45, 7) is 8.28. The maximum Gasteiger partial charge on any atom is 0.320 e. The van der Waals surface area contributed by atoms with Crippen LogP contribution in [0.1, 0.15) is 22.5 Å². The number of hydrogen-bond acceptors (Lipinski definition) is 6. The first-order valence-corrected chi connectivity index (χ1v) is 13.4. The van der Waals surface area contributed by atoms with Gasteiger partial charge in [-0.05, 0) is 42.3 Å². The number of benzene rings is 2. The quantitative estimate of drug-likeness (QED) is 0.297. The van der Waals surface area contributed by atoms with Crippen LogP contribution >= 0.6 is 0 Å². The van der Waals surface area contributed by atoms with Crippen molar-refractivity contribution in [2.75, 3.05) is 62.4 Å². The van der Waals surface area contributed by atoms with Gasteiger partial charge in [-0.2, -0.15) is 0 Å². The van der Waals surface area contributed by atoms with Crippen molar-refractivity contribution >= 4 is 39.1 Å². The fourth-order valence-electron chi connectivity index (χ4n) is 5.83. The minimum atomic E-state index is -0.988. The van der Waals surface area contributed by atoms with Crippen molar-refractivity contribution in [3.8, 4) is 0 Å². The zero-order valence-corrected chi connectivity index (χ0v) is 21.8. The predicted octanol–water partition coefficient (Wildman–Crippen LogP) is 3.18. The van der Waals surface area contributed by atoms with Crippen LogP contribution in [0.2, 0.25) is 0 Å². The molecule has 0 amide bonds. The van der Waals surface area contributed by atoms with Gasteiger partial charge in [-0.15, -0.1) is 0 Å². The third kappa shape index (κ3) is 4.73. The number of aryl methyl sites for hydroxylation is 1. The summed E-state index contributed by atoms with van der Waals surface area (Å²) in [5, 5.41) is 11.7. The molecule has 4 heterocycles. The highest BCUT2D eigenvalue weighted by Crippen LogP contribution is 2.35. The summed E-state index contributed by atoms with van der Waals surface area (Å²) in [4.78, 5) is 23.5. The van der Waals surface area contributed by atoms with E-state index in [4.69, 9.17) is 15.2 Å². The number of para-hydroxylation sites is 1. The van der Waals surface area contributed by atoms with Crippen molar-refractivity contribution < 1.29 is 19.4 Å². The highest BCUT2D eigenvalue weighted by molar-refractivity contribution is 5.96. The van der Waals surface area contributed by atoms with Gasteiger partial charge >= 0.3 is 5.97 Å². The molecule has 0 radical (unpaired) electrons. The van der Waals surface area contributed by atoms with E-state index in [1.807, 2.05) is 6.92 Å². The molecule has 2 aromatic carbocycles. The third-order valence-electron chi connectivity index (χ3n) is 7.80. The zero-order valence-electron chi connectivity index (χ0n) is 21.8. The first-order valence-electron chi connectivity index (χ1n) is 13.4. The Kier molecular flexibility index (Phi) is 6.73. The fraction of sp³-hybridized carbons (Fsp3) is 0.414. The van der Waals surface area contributed by atoms with Gasteiger partial charge in [0.25, 0.3) is 0 Å². The second kappa shape index (κ2) is 10.3. The molecule has 6 rings (SSSR count). The largest absolute Gasteiger partial charge is 0.480 e. The SMILES string of the molecule is Cc1[nH]c2c(N3CCOCC3)cc(Cc3cc4cccc(N5CCOCC5)c4[nH]3)cc2c1CC(N)C(=O)O. The number of rotatable bonds is 7. The van der Waals surface area contributed by atoms with Gasteiger partial charge < -0.3 is 40.1 Å². The van der Waals surface area contributed by atoms with Crippen LogP contribution in [0.4, 0.5) is 11.4 Å². The van der Waals surface area contributed by atoms with E-state index in [0.29, 0.717) is 13.2 Å². The Morgan fingerprint density at radius 1 is 0.974 bits per heavy atom. The second-order valence-corrected chi connectivity index (χ2v) is 10.3. The first-order chi connectivity index (χ1) is 18.5. The number of H-pyrrole nitrogens is 2. The maximum absolute atomic E-state index is 11.6. The summed E-state index contributed by atoms with van der Waals surface area (Å²) in [5.74, 6) is -0.988. The van der Waals surface area contributed by atoms with E-state index in [-0.39, 0.29) is 6.42 Å². The molecule has 0 aliphatic carbocycles. The molecule has 0 bridgehead atoms. The molecule has 9 nitrogen and oxygen atoms in total. The van der Waals surface area contributed by atoms with Crippen LogP contribution in [-0.4, -0.2) is 79.7 Å². The van der Waals surface area contributed by atoms with Gasteiger partial charge in [-0.1, -0.05) is 12.1 Å². The number of nitrogens with two attached hydrogens (primary N) is 1. The van der Waals surface area contributed by atoms with Gasteiger partial charge in [-0.25, -0.2) is 0 Å². The molecule has 38 heavy (non-hydrogen) atoms. The Morgan fingerprint density at radius 2 is 1.66 bits per heavy atom. The van der Waals surface area contributed by atoms with Crippen LogP contribution in [0.15, 0.2) is 36.4 Å². The molecule has 2 aliphatic heterocycles. The normalized spacial score (nSPS) is 17.4. The van der Waals surface area contributed by atoms with Crippen molar-refractivity contribution in [2.24, 2.45) is 5.73 Å². The lowest BCUT2D eigenvalue weighted by atomic mass is 9.99. The lowest BCUT2D eigenvalue weighted by molar-refractivity contribution is -0.138. The molecule has 5 N–H and O–H groups in total. The van der Waals surface area contributed by atoms with Crippen molar-refractivity contribution in [3.05, 3.63) is 58.9 Å². The van der Waals surface area contributed by atoms with Crippen LogP contribution in [0.3, 0.4) is 0 Å². The maximum atomic E-state index is 11.6. The van der Waals surface area contributed by atoms with Crippen molar-refractivity contribution in [1.29, 1.82) is 0 Å². The molecule has 9 heteroatoms. The third-order valence-corrected chi connectivity index (χ3v) is 7.80. The zero-order chi connectivity index (χ0) is 26.2. The van der Waals surface area contributed by atoms with Gasteiger partial charge in [0.15, 0.2) is 0 Å². The minimum Gasteiger partial charge on any atom is -0.480 e. The van der Waals surface area contributed by atoms with Crippen LogP contribution < -0.4 is 15.5 Å². The number of nitrogens with zero attached hydrogens (tertiary/aromatic N) is 2. The molecule has 2 fully saturated rings. The summed E-state index contributed by atoms with van der Waals surface area (Å²) in [6.07, 6.45) is 1.02. The van der Waals surface area contributed by atoms with E-state index in [0.717, 1.165) is 84.9 Å². The number of hydrogen-bond donors (Lipinski definition) is 4. The van der Waals surface area contributed by atoms with Crippen LogP contribution in [-0.2, 0) is 27.1 Å². The molecule has 2 aromatic heterocycles. The van der Waals surface area contributed by atoms with Gasteiger partial charge in [0.1, 0.15) is 6.04 Å². The summed E-state index contributed by atoms with van der Waals surface area (Å²) in [7, 11) is 0. The Hall–Kier alpha value is -3.53. The number of carboxylic acid groups (broad SMARTS) is 1. The van der Waals surface area contributed by atoms with E-state index in [1.165, 1.54) is 16.6 Å². The Morgan fingerprint density at radius 3 is 2.34 bits per heavy atom. The number of aliphatic carboxylic acids is 1. The van der Waals surface area contributed by atoms with E-state index in [1.54, 1.807) is 0 Å². The Balaban J connectivity index is 1.40. The molecule has 2 aliphatic rings. The van der Waals surface area contributed by atoms with E-state index >= 15 is 0 Å². The highest BCUT2D eigenvalue weighted by Gasteiger charge is 2.22. The number of nitrogens with one attached hydrogen (secondary N) is 2. The average Bonchev–Trinajstić information content (AvgIpc) is 3.49. The van der Waals surface area contributed by atoms with E-state index < -0.39 is 12.0 Å². The number of morpholine rings is 2. The summed E-state index contributed by atoms with van der Waals surface area (Å²) in [5.41, 5.74) is 14.8. The Bertz CT molecular complexity index is 1460. The number of fused-ring (bicyclic) bond motifs is 2. The lowest BCUT2D eigenvalue weighted by Crippen LogP contribution is -2.36. The molecule has 1 unspecified atom stereocenters. The predicted molar refractivity (Wildman–Crippen MR) is 150 cm³/mol. The molecule has 4 aromatic rings. The van der Waals surface area contributed by atoms with Gasteiger partial charge in [0, 0.05) is 61.2 Å². The van der Waals surface area contributed by atoms with Crippen molar-refractivity contribution in [3.63, 3.8) is 0 Å². The highest BCUT2D eigenvalue weighted by atomic mass is 16.5. The Labute approximate surface area is 221 Å². The molecule has 0 saturated carbocycles. The van der Waals surface area contributed by atoms with Crippen LogP contribution in [0, 0.1) is 6.92 Å². The smallest absolute Gasteiger partial charge is 0.320 e. The number of aromatic amines is 2. The average molecular weight is 518 g/mol. The van der Waals surface area contributed by atoms with Crippen molar-refractivity contribution in [2.45, 2.75) is 25.8 Å². The molecule has 200 valence electrons. The van der Waals surface area contributed by atoms with E-state index in [2.05, 4.69) is 56.2 Å². The summed E-state index contributed by atoms with van der Waals surface area (Å²) >= 11 is 0. The standard InChI is InChI=1S/C29H35N5O4/c1-18-22(17-24(30)29(35)36)23-14-19(15-26(28(23)31-18)34-7-11-38-12-8-34)13-21-16-20-3-2-4-25(27(20)32-21)33-5-9-37-10-6-33/h2-4,14-16,24,31-32H,5-13,17,30H2,1H3,(H,35,36). The monoisotopic (exact) mass is 517 g/mol. The number of carboxylic acids is 1. The lowest BCUT2D eigenvalue weighted by Gasteiger charge is -2.29. The minimum absolute atomic E-state index is 0.280. The molecular formula is C29H35N5O4. The van der Waals surface area contributed by atoms with Gasteiger partial charge in [0.05, 0.1) is 48.8 Å². The number of ether oxygens (including phenoxy) is 2. The molecule has 2 saturated heterocycles. The van der Waals surface area contributed by atoms with Gasteiger partial charge in [0.2, 0.25) is 0 Å². The summed E-state index contributed by atoms with van der Waals surface area (Å²) in [6, 6.07) is 12.2. The molecule has 1 atom stereocenters. The van der Waals surface area contributed by atoms with Crippen LogP contribution in [0.5, 0.6) is 0 Å².